The van der Waals surface area contributed by atoms with Gasteiger partial charge in [-0.1, -0.05) is 6.07 Å². The summed E-state index contributed by atoms with van der Waals surface area (Å²) >= 11 is 0. The average Bonchev–Trinajstić information content (AvgIpc) is 3.00. The van der Waals surface area contributed by atoms with Crippen LogP contribution < -0.4 is 20.1 Å². The van der Waals surface area contributed by atoms with Crippen molar-refractivity contribution in [3.8, 4) is 0 Å². The van der Waals surface area contributed by atoms with Crippen LogP contribution in [0.5, 0.6) is 0 Å². The first kappa shape index (κ1) is 33.6. The second-order valence-electron chi connectivity index (χ2n) is 10.7. The van der Waals surface area contributed by atoms with Crippen molar-refractivity contribution < 1.29 is 26.4 Å². The Labute approximate surface area is 277 Å². The van der Waals surface area contributed by atoms with Crippen molar-refractivity contribution in [3.63, 3.8) is 0 Å². The van der Waals surface area contributed by atoms with Crippen LogP contribution in [0.3, 0.4) is 0 Å². The number of hydrogen-bond donors (Lipinski definition) is 4. The number of amides is 2. The monoisotopic (exact) mass is 686 g/mol. The summed E-state index contributed by atoms with van der Waals surface area (Å²) in [7, 11) is -7.96. The van der Waals surface area contributed by atoms with Crippen LogP contribution >= 0.6 is 0 Å². The molecule has 0 aliphatic rings. The number of rotatable bonds is 10. The second kappa shape index (κ2) is 13.5. The third-order valence-corrected chi connectivity index (χ3v) is 9.34. The average molecular weight is 687 g/mol. The summed E-state index contributed by atoms with van der Waals surface area (Å²) in [5, 5.41) is 5.36. The Hall–Kier alpha value is -5.74. The fraction of sp³-hybridized carbons (Fsp3) is 0.125. The van der Waals surface area contributed by atoms with Gasteiger partial charge in [0, 0.05) is 45.3 Å². The highest BCUT2D eigenvalue weighted by atomic mass is 32.2. The van der Waals surface area contributed by atoms with E-state index in [4.69, 9.17) is 0 Å². The highest BCUT2D eigenvalue weighted by molar-refractivity contribution is 7.93. The molecule has 0 atom stereocenters. The predicted molar refractivity (Wildman–Crippen MR) is 180 cm³/mol. The molecule has 3 aromatic carbocycles. The zero-order valence-corrected chi connectivity index (χ0v) is 27.8. The van der Waals surface area contributed by atoms with E-state index < -0.39 is 31.9 Å². The van der Waals surface area contributed by atoms with Crippen LogP contribution in [0, 0.1) is 27.7 Å². The SMILES string of the molecule is Cc1cc(C)nc(NS(=O)(=O)c2ccc(NC(=O)c3cccc(C(=O)Nc4ccc(S(=O)(=O)Nc5nc(C)cc(C)n5)cc4)c3)cc2)n1. The first-order valence-electron chi connectivity index (χ1n) is 14.3. The Morgan fingerprint density at radius 2 is 0.833 bits per heavy atom. The number of aromatic nitrogens is 4. The summed E-state index contributed by atoms with van der Waals surface area (Å²) in [4.78, 5) is 42.2. The summed E-state index contributed by atoms with van der Waals surface area (Å²) in [6.07, 6.45) is 0. The lowest BCUT2D eigenvalue weighted by atomic mass is 10.1. The molecule has 0 saturated carbocycles. The van der Waals surface area contributed by atoms with Gasteiger partial charge in [-0.3, -0.25) is 9.59 Å². The molecule has 0 aliphatic heterocycles. The predicted octanol–water partition coefficient (Wildman–Crippen LogP) is 4.61. The molecule has 0 unspecified atom stereocenters. The van der Waals surface area contributed by atoms with E-state index in [0.29, 0.717) is 34.2 Å². The first-order chi connectivity index (χ1) is 22.7. The van der Waals surface area contributed by atoms with Crippen molar-refractivity contribution in [1.82, 2.24) is 19.9 Å². The Morgan fingerprint density at radius 1 is 0.500 bits per heavy atom. The molecule has 0 radical (unpaired) electrons. The zero-order chi connectivity index (χ0) is 34.6. The molecule has 0 saturated heterocycles. The molecule has 0 fully saturated rings. The summed E-state index contributed by atoms with van der Waals surface area (Å²) in [5.41, 5.74) is 3.44. The number of nitrogens with zero attached hydrogens (tertiary/aromatic N) is 4. The maximum Gasteiger partial charge on any atom is 0.264 e. The van der Waals surface area contributed by atoms with Crippen molar-refractivity contribution >= 4 is 55.1 Å². The maximum absolute atomic E-state index is 13.0. The standard InChI is InChI=1S/C32H30N8O6S2/c1-19-16-20(2)34-31(33-19)39-47(43,44)27-12-8-25(9-13-27)37-29(41)23-6-5-7-24(18-23)30(42)38-26-10-14-28(15-11-26)48(45,46)40-32-35-21(3)17-22(4)36-32/h5-18H,1-4H3,(H,37,41)(H,38,42)(H,33,34,39)(H,35,36,40). The Kier molecular flexibility index (Phi) is 9.49. The number of nitrogens with one attached hydrogen (secondary N) is 4. The molecule has 2 aromatic heterocycles. The Balaban J connectivity index is 1.21. The van der Waals surface area contributed by atoms with Crippen LogP contribution in [0.2, 0.25) is 0 Å². The van der Waals surface area contributed by atoms with Gasteiger partial charge >= 0.3 is 0 Å². The topological polar surface area (TPSA) is 202 Å². The van der Waals surface area contributed by atoms with Crippen molar-refractivity contribution in [1.29, 1.82) is 0 Å². The highest BCUT2D eigenvalue weighted by Crippen LogP contribution is 2.20. The quantitative estimate of drug-likeness (QED) is 0.161. The zero-order valence-electron chi connectivity index (χ0n) is 26.1. The van der Waals surface area contributed by atoms with Crippen LogP contribution in [0.15, 0.2) is 94.7 Å². The van der Waals surface area contributed by atoms with Crippen molar-refractivity contribution in [2.75, 3.05) is 20.1 Å². The Bertz CT molecular complexity index is 2050. The number of hydrogen-bond acceptors (Lipinski definition) is 10. The van der Waals surface area contributed by atoms with Crippen molar-refractivity contribution in [3.05, 3.63) is 119 Å². The van der Waals surface area contributed by atoms with E-state index in [2.05, 4.69) is 40.0 Å². The largest absolute Gasteiger partial charge is 0.322 e. The minimum Gasteiger partial charge on any atom is -0.322 e. The molecule has 2 amide bonds. The van der Waals surface area contributed by atoms with Crippen molar-refractivity contribution in [2.24, 2.45) is 0 Å². The van der Waals surface area contributed by atoms with Gasteiger partial charge in [0.1, 0.15) is 0 Å². The normalized spacial score (nSPS) is 11.4. The summed E-state index contributed by atoms with van der Waals surface area (Å²) < 4.78 is 55.9. The molecule has 4 N–H and O–H groups in total. The van der Waals surface area contributed by atoms with E-state index in [1.54, 1.807) is 39.8 Å². The fourth-order valence-electron chi connectivity index (χ4n) is 4.54. The molecule has 14 nitrogen and oxygen atoms in total. The van der Waals surface area contributed by atoms with Gasteiger partial charge in [-0.15, -0.1) is 0 Å². The minimum atomic E-state index is -3.98. The second-order valence-corrected chi connectivity index (χ2v) is 14.1. The van der Waals surface area contributed by atoms with Gasteiger partial charge in [0.15, 0.2) is 0 Å². The smallest absolute Gasteiger partial charge is 0.264 e. The van der Waals surface area contributed by atoms with E-state index in [9.17, 15) is 26.4 Å². The number of anilines is 4. The maximum atomic E-state index is 13.0. The van der Waals surface area contributed by atoms with Gasteiger partial charge < -0.3 is 10.6 Å². The summed E-state index contributed by atoms with van der Waals surface area (Å²) in [5.74, 6) is -1.15. The van der Waals surface area contributed by atoms with Gasteiger partial charge in [-0.2, -0.15) is 0 Å². The van der Waals surface area contributed by atoms with Gasteiger partial charge in [0.2, 0.25) is 11.9 Å². The van der Waals surface area contributed by atoms with Crippen LogP contribution in [0.1, 0.15) is 43.5 Å². The number of benzene rings is 3. The molecule has 5 aromatic rings. The number of aryl methyl sites for hydroxylation is 4. The van der Waals surface area contributed by atoms with E-state index in [1.807, 2.05) is 0 Å². The summed E-state index contributed by atoms with van der Waals surface area (Å²) in [6, 6.07) is 20.4. The van der Waals surface area contributed by atoms with Gasteiger partial charge in [-0.05, 0) is 107 Å². The Morgan fingerprint density at radius 3 is 1.17 bits per heavy atom. The molecule has 5 rings (SSSR count). The minimum absolute atomic E-state index is 0.0458. The van der Waals surface area contributed by atoms with E-state index in [0.717, 1.165) is 0 Å². The third kappa shape index (κ3) is 8.34. The third-order valence-electron chi connectivity index (χ3n) is 6.65. The number of carbonyl (C=O) groups is 2. The number of carbonyl (C=O) groups excluding carboxylic acids is 2. The van der Waals surface area contributed by atoms with Crippen LogP contribution in [0.25, 0.3) is 0 Å². The molecule has 246 valence electrons. The number of sulfonamides is 2. The van der Waals surface area contributed by atoms with Crippen LogP contribution in [0.4, 0.5) is 23.3 Å². The first-order valence-corrected chi connectivity index (χ1v) is 17.3. The molecule has 0 bridgehead atoms. The molecule has 48 heavy (non-hydrogen) atoms. The molecule has 0 spiro atoms. The van der Waals surface area contributed by atoms with Gasteiger partial charge in [-0.25, -0.2) is 46.2 Å². The van der Waals surface area contributed by atoms with E-state index >= 15 is 0 Å². The van der Waals surface area contributed by atoms with E-state index in [-0.39, 0.29) is 32.8 Å². The molecular formula is C32H30N8O6S2. The van der Waals surface area contributed by atoms with Gasteiger partial charge in [0.25, 0.3) is 31.9 Å². The molecule has 2 heterocycles. The lowest BCUT2D eigenvalue weighted by Gasteiger charge is -2.11. The van der Waals surface area contributed by atoms with Gasteiger partial charge in [0.05, 0.1) is 9.79 Å². The van der Waals surface area contributed by atoms with Crippen LogP contribution in [-0.2, 0) is 20.0 Å². The highest BCUT2D eigenvalue weighted by Gasteiger charge is 2.19. The fourth-order valence-corrected chi connectivity index (χ4v) is 6.43. The molecule has 16 heteroatoms. The lowest BCUT2D eigenvalue weighted by Crippen LogP contribution is -2.17. The van der Waals surface area contributed by atoms with Crippen molar-refractivity contribution in [2.45, 2.75) is 37.5 Å². The lowest BCUT2D eigenvalue weighted by molar-refractivity contribution is 0.102. The van der Waals surface area contributed by atoms with E-state index in [1.165, 1.54) is 72.8 Å². The molecular weight excluding hydrogens is 657 g/mol. The van der Waals surface area contributed by atoms with Crippen LogP contribution in [-0.4, -0.2) is 48.6 Å². The molecule has 0 aliphatic carbocycles. The summed E-state index contributed by atoms with van der Waals surface area (Å²) in [6.45, 7) is 6.91.